The van der Waals surface area contributed by atoms with Crippen molar-refractivity contribution in [1.82, 2.24) is 30.1 Å². The molecule has 26 heteroatoms. The number of amides is 2. The molecule has 4 spiro atoms. The number of aromatic nitrogens is 6. The van der Waals surface area contributed by atoms with Crippen LogP contribution >= 0.6 is 58.8 Å². The lowest BCUT2D eigenvalue weighted by Gasteiger charge is -2.50. The quantitative estimate of drug-likeness (QED) is 0.105. The first-order valence-corrected chi connectivity index (χ1v) is 32.1. The molecule has 2 amide bonds. The van der Waals surface area contributed by atoms with E-state index in [4.69, 9.17) is 66.0 Å². The topological polar surface area (TPSA) is 272 Å². The third kappa shape index (κ3) is 11.4. The zero-order chi connectivity index (χ0) is 63.0. The van der Waals surface area contributed by atoms with Crippen LogP contribution in [0.2, 0.25) is 20.6 Å². The van der Waals surface area contributed by atoms with E-state index in [0.717, 1.165) is 69.9 Å². The molecule has 480 valence electrons. The zero-order valence-corrected chi connectivity index (χ0v) is 54.1. The van der Waals surface area contributed by atoms with Gasteiger partial charge in [-0.25, -0.2) is 28.7 Å². The van der Waals surface area contributed by atoms with Gasteiger partial charge in [0.1, 0.15) is 33.8 Å². The van der Waals surface area contributed by atoms with Gasteiger partial charge in [0, 0.05) is 66.4 Å². The molecular weight excluding hydrogens is 1270 g/mol. The molecule has 10 heterocycles. The summed E-state index contributed by atoms with van der Waals surface area (Å²) >= 11 is 24.7. The first-order chi connectivity index (χ1) is 42.4. The van der Waals surface area contributed by atoms with E-state index in [-0.39, 0.29) is 103 Å². The summed E-state index contributed by atoms with van der Waals surface area (Å²) in [4.78, 5) is 72.3. The second kappa shape index (κ2) is 25.3. The van der Waals surface area contributed by atoms with E-state index in [1.807, 2.05) is 6.07 Å². The Hall–Kier alpha value is -5.65. The molecule has 10 atom stereocenters. The summed E-state index contributed by atoms with van der Waals surface area (Å²) in [5.74, 6) is -5.18. The molecule has 5 N–H and O–H groups in total. The molecule has 19 nitrogen and oxygen atoms in total. The maximum absolute atomic E-state index is 16.1. The number of aliphatic carboxylic acids is 1. The Morgan fingerprint density at radius 2 is 1.20 bits per heavy atom. The number of rotatable bonds is 8. The van der Waals surface area contributed by atoms with Crippen molar-refractivity contribution >= 4 is 106 Å². The molecule has 2 saturated heterocycles. The number of carboxylic acids is 1. The fraction of sp³-hybridized carbons (Fsp3) is 0.562. The van der Waals surface area contributed by atoms with Gasteiger partial charge >= 0.3 is 5.97 Å². The number of nitrogens with two attached hydrogens (primary N) is 1. The number of ether oxygens (including phenoxy) is 2. The Morgan fingerprint density at radius 1 is 0.689 bits per heavy atom. The van der Waals surface area contributed by atoms with Gasteiger partial charge in [0.05, 0.1) is 41.8 Å². The average molecular weight is 1340 g/mol. The number of carboxylic acid groups (broad SMARTS) is 1. The summed E-state index contributed by atoms with van der Waals surface area (Å²) in [5, 5.41) is 31.6. The third-order valence-electron chi connectivity index (χ3n) is 21.4. The van der Waals surface area contributed by atoms with Crippen LogP contribution in [-0.2, 0) is 39.5 Å². The number of anilines is 2. The average Bonchev–Trinajstić information content (AvgIpc) is 1.51. The summed E-state index contributed by atoms with van der Waals surface area (Å²) in [7, 11) is 0. The van der Waals surface area contributed by atoms with Gasteiger partial charge in [-0.2, -0.15) is 10.2 Å². The van der Waals surface area contributed by atoms with Crippen molar-refractivity contribution in [3.8, 4) is 0 Å². The number of carbonyl (C=O) groups excluding carboxylic acids is 3. The van der Waals surface area contributed by atoms with Crippen LogP contribution in [0, 0.1) is 51.0 Å². The van der Waals surface area contributed by atoms with Gasteiger partial charge in [0.2, 0.25) is 24.1 Å². The molecule has 4 saturated carbocycles. The number of Topliss-reactive ketones (excluding diaryl/α,β-unsaturated/α-hetero) is 1. The van der Waals surface area contributed by atoms with Crippen molar-refractivity contribution in [1.29, 1.82) is 0 Å². The van der Waals surface area contributed by atoms with Gasteiger partial charge in [-0.1, -0.05) is 86.2 Å². The fourth-order valence-corrected chi connectivity index (χ4v) is 17.5. The maximum Gasteiger partial charge on any atom is 0.307 e. The first-order valence-electron chi connectivity index (χ1n) is 30.6. The Labute approximate surface area is 546 Å². The second-order valence-corrected chi connectivity index (χ2v) is 28.9. The highest BCUT2D eigenvalue weighted by Crippen LogP contribution is 2.74. The number of nitrogens with zero attached hydrogens (tertiary/aromatic N) is 8. The van der Waals surface area contributed by atoms with Gasteiger partial charge in [-0.15, -0.1) is 22.6 Å². The van der Waals surface area contributed by atoms with Crippen LogP contribution in [0.25, 0.3) is 0 Å². The molecule has 0 aromatic carbocycles. The standard InChI is InChI=1S/C33H36Cl2FN5O3.C24H24Cl2FN3O3.C7H11N3O2.ClH/c1-31(2)9-11-32(12-10-31)16-20(23(42)15-18-3-5-24(44-17-18)22-8-14-38-41-22)26(19-7-13-37-28(35)27(19)36)33(32)21-4-6-25(34)39-29(21)40-30(33)43;1-22(2)6-8-23(9-7-22)11-13(20(31)32)16(12-5-10-28-18(26)17(12)27)24(23)14-3-4-15(25)29-19(14)30-21(24)33;8-5-1-2-6(11-3-5)7-10-9-4-12-7;/h4,6-7,13-14,18,20,24,26H,3,5,8-12,15-17H2,1-2H3,(H,39,40,43);3-5,10,13,16H,6-9,11H2,1-2H3,(H,31,32)(H,29,30,33);4-6H,1-3,8H2;1H/t18-,20-,24-,26-,33+;13-,16+,24?;5-,6+;/m011./s1. The molecule has 5 aliphatic heterocycles. The van der Waals surface area contributed by atoms with Crippen LogP contribution in [0.15, 0.2) is 69.8 Å². The molecule has 14 rings (SSSR count). The fourth-order valence-electron chi connectivity index (χ4n) is 16.9. The Bertz CT molecular complexity index is 3640. The van der Waals surface area contributed by atoms with E-state index in [1.165, 1.54) is 24.9 Å². The van der Waals surface area contributed by atoms with Crippen molar-refractivity contribution < 1.29 is 47.0 Å². The number of ketones is 1. The van der Waals surface area contributed by atoms with Crippen molar-refractivity contribution in [3.63, 3.8) is 0 Å². The molecule has 0 radical (unpaired) electrons. The van der Waals surface area contributed by atoms with Crippen molar-refractivity contribution in [2.75, 3.05) is 23.8 Å². The smallest absolute Gasteiger partial charge is 0.307 e. The van der Waals surface area contributed by atoms with E-state index < -0.39 is 62.9 Å². The molecule has 0 bridgehead atoms. The van der Waals surface area contributed by atoms with Crippen LogP contribution in [0.4, 0.5) is 20.4 Å². The molecule has 9 aliphatic rings. The van der Waals surface area contributed by atoms with Crippen LogP contribution < -0.4 is 16.4 Å². The zero-order valence-electron chi connectivity index (χ0n) is 50.3. The minimum absolute atomic E-state index is 0. The first kappa shape index (κ1) is 65.8. The summed E-state index contributed by atoms with van der Waals surface area (Å²) < 4.78 is 48.1. The Morgan fingerprint density at radius 3 is 1.66 bits per heavy atom. The highest BCUT2D eigenvalue weighted by Gasteiger charge is 2.75. The van der Waals surface area contributed by atoms with E-state index in [2.05, 4.69) is 78.7 Å². The molecule has 1 unspecified atom stereocenters. The van der Waals surface area contributed by atoms with Crippen molar-refractivity contribution in [2.24, 2.45) is 55.4 Å². The molecule has 5 aromatic rings. The maximum atomic E-state index is 16.1. The van der Waals surface area contributed by atoms with Crippen molar-refractivity contribution in [2.45, 2.75) is 171 Å². The van der Waals surface area contributed by atoms with Gasteiger partial charge in [-0.3, -0.25) is 19.2 Å². The molecule has 5 aromatic heterocycles. The van der Waals surface area contributed by atoms with E-state index in [0.29, 0.717) is 74.0 Å². The van der Waals surface area contributed by atoms with E-state index in [9.17, 15) is 24.3 Å². The van der Waals surface area contributed by atoms with E-state index in [1.54, 1.807) is 30.5 Å². The number of hydrogen-bond acceptors (Lipinski definition) is 16. The van der Waals surface area contributed by atoms with Gasteiger partial charge in [0.15, 0.2) is 21.9 Å². The largest absolute Gasteiger partial charge is 0.481 e. The minimum Gasteiger partial charge on any atom is -0.481 e. The number of nitrogens with one attached hydrogen (secondary N) is 2. The number of halogens is 7. The summed E-state index contributed by atoms with van der Waals surface area (Å²) in [5.41, 5.74) is 4.57. The van der Waals surface area contributed by atoms with E-state index >= 15 is 8.78 Å². The lowest BCUT2D eigenvalue weighted by Crippen LogP contribution is -2.52. The van der Waals surface area contributed by atoms with Gasteiger partial charge in [-0.05, 0) is 153 Å². The highest BCUT2D eigenvalue weighted by atomic mass is 35.5. The number of hydrogen-bond donors (Lipinski definition) is 4. The lowest BCUT2D eigenvalue weighted by molar-refractivity contribution is -0.142. The third-order valence-corrected chi connectivity index (χ3v) is 22.4. The number of pyridine rings is 4. The van der Waals surface area contributed by atoms with Crippen LogP contribution in [0.3, 0.4) is 0 Å². The number of carbonyl (C=O) groups is 4. The molecular formula is C64H72Cl5F2N11O8. The minimum atomic E-state index is -1.31. The SMILES string of the molecule is CC1(C)CCC2(CC1)C[C@@H](C(=O)C[C@@H]1CC[C@@H](C3=NN=CC3)OC1)[C@H](c1ccnc(Cl)c1F)[C@]21C(=O)Nc2nc(Cl)ccc21.CC1(C)CCC2(CC1)C[C@@H](C(=O)O)[C@H](c1ccnc(Cl)c1F)C21C(=O)Nc2nc(Cl)ccc21.Cl.N[C@@H]1CC[C@@H](c2nnco2)OC1. The predicted octanol–water partition coefficient (Wildman–Crippen LogP) is 13.3. The van der Waals surface area contributed by atoms with Crippen LogP contribution in [0.5, 0.6) is 0 Å². The normalized spacial score (nSPS) is 30.3. The summed E-state index contributed by atoms with van der Waals surface area (Å²) in [6.45, 7) is 9.87. The molecule has 6 fully saturated rings. The lowest BCUT2D eigenvalue weighted by atomic mass is 9.51. The number of fused-ring (bicyclic) bond motifs is 6. The molecule has 4 aliphatic carbocycles. The van der Waals surface area contributed by atoms with Gasteiger partial charge in [0.25, 0.3) is 0 Å². The van der Waals surface area contributed by atoms with Crippen LogP contribution in [0.1, 0.15) is 177 Å². The predicted molar refractivity (Wildman–Crippen MR) is 336 cm³/mol. The monoisotopic (exact) mass is 1340 g/mol. The van der Waals surface area contributed by atoms with Crippen molar-refractivity contribution in [3.05, 3.63) is 116 Å². The summed E-state index contributed by atoms with van der Waals surface area (Å²) in [6.07, 6.45) is 17.1. The summed E-state index contributed by atoms with van der Waals surface area (Å²) in [6, 6.07) is 10.1. The highest BCUT2D eigenvalue weighted by molar-refractivity contribution is 6.30. The van der Waals surface area contributed by atoms with Crippen LogP contribution in [-0.4, -0.2) is 96.1 Å². The Kier molecular flexibility index (Phi) is 18.5. The second-order valence-electron chi connectivity index (χ2n) is 27.4. The van der Waals surface area contributed by atoms with Gasteiger partial charge < -0.3 is 35.4 Å². The Balaban J connectivity index is 0.000000159. The molecule has 90 heavy (non-hydrogen) atoms.